The number of hydrogen-bond donors (Lipinski definition) is 0. The van der Waals surface area contributed by atoms with Gasteiger partial charge < -0.3 is 9.47 Å². The summed E-state index contributed by atoms with van der Waals surface area (Å²) in [5.41, 5.74) is 2.86. The lowest BCUT2D eigenvalue weighted by atomic mass is 10.1. The summed E-state index contributed by atoms with van der Waals surface area (Å²) in [5, 5.41) is 0. The third kappa shape index (κ3) is 1.15. The van der Waals surface area contributed by atoms with E-state index in [2.05, 4.69) is 9.55 Å². The summed E-state index contributed by atoms with van der Waals surface area (Å²) in [4.78, 5) is 18.8. The molecule has 0 aliphatic carbocycles. The molecule has 0 radical (unpaired) electrons. The molecule has 0 saturated carbocycles. The number of para-hydroxylation sites is 1. The summed E-state index contributed by atoms with van der Waals surface area (Å²) < 4.78 is 2.06. The summed E-state index contributed by atoms with van der Waals surface area (Å²) in [6.45, 7) is 0.850. The molecule has 0 spiro atoms. The Hall–Kier alpha value is -2.10. The monoisotopic (exact) mass is 239 g/mol. The van der Waals surface area contributed by atoms with E-state index < -0.39 is 0 Å². The topological polar surface area (TPSA) is 38.1 Å². The minimum atomic E-state index is 0.150. The number of rotatable bonds is 0. The Morgan fingerprint density at radius 3 is 3.11 bits per heavy atom. The molecule has 1 amide bonds. The molecule has 2 aromatic rings. The fraction of sp³-hybridized carbons (Fsp3) is 0.286. The Morgan fingerprint density at radius 1 is 1.28 bits per heavy atom. The zero-order valence-corrected chi connectivity index (χ0v) is 9.91. The van der Waals surface area contributed by atoms with Crippen LogP contribution in [0.5, 0.6) is 0 Å². The molecule has 0 N–H and O–H groups in total. The van der Waals surface area contributed by atoms with Crippen molar-refractivity contribution < 1.29 is 4.79 Å². The van der Waals surface area contributed by atoms with Crippen molar-refractivity contribution in [2.45, 2.75) is 18.9 Å². The van der Waals surface area contributed by atoms with Crippen molar-refractivity contribution in [3.05, 3.63) is 48.0 Å². The molecule has 1 unspecified atom stereocenters. The first kappa shape index (κ1) is 9.88. The highest BCUT2D eigenvalue weighted by atomic mass is 16.2. The predicted octanol–water partition coefficient (Wildman–Crippen LogP) is 2.16. The van der Waals surface area contributed by atoms with E-state index in [1.807, 2.05) is 41.7 Å². The maximum atomic E-state index is 12.6. The van der Waals surface area contributed by atoms with Gasteiger partial charge in [0.2, 0.25) is 0 Å². The molecule has 90 valence electrons. The number of nitrogens with zero attached hydrogens (tertiary/aromatic N) is 3. The van der Waals surface area contributed by atoms with Gasteiger partial charge in [-0.05, 0) is 25.0 Å². The fourth-order valence-corrected chi connectivity index (χ4v) is 3.09. The molecule has 4 nitrogen and oxygen atoms in total. The average molecular weight is 239 g/mol. The van der Waals surface area contributed by atoms with Gasteiger partial charge in [-0.3, -0.25) is 4.79 Å². The summed E-state index contributed by atoms with van der Waals surface area (Å²) in [6, 6.07) is 7.96. The highest BCUT2D eigenvalue weighted by molar-refractivity contribution is 5.98. The molecule has 2 aliphatic rings. The van der Waals surface area contributed by atoms with Gasteiger partial charge in [0, 0.05) is 6.54 Å². The molecule has 1 saturated heterocycles. The number of carbonyl (C=O) groups is 1. The van der Waals surface area contributed by atoms with Gasteiger partial charge in [0.15, 0.2) is 0 Å². The number of aromatic nitrogens is 2. The number of hydrogen-bond acceptors (Lipinski definition) is 2. The Bertz CT molecular complexity index is 631. The average Bonchev–Trinajstić information content (AvgIpc) is 3.04. The Kier molecular flexibility index (Phi) is 1.89. The number of imidazole rings is 1. The molecule has 1 aromatic carbocycles. The molecule has 2 aliphatic heterocycles. The quantitative estimate of drug-likeness (QED) is 0.706. The first-order chi connectivity index (χ1) is 8.86. The van der Waals surface area contributed by atoms with Crippen molar-refractivity contribution in [1.82, 2.24) is 14.5 Å². The Morgan fingerprint density at radius 2 is 2.17 bits per heavy atom. The minimum Gasteiger partial charge on any atom is -0.330 e. The van der Waals surface area contributed by atoms with Crippen LogP contribution in [0.3, 0.4) is 0 Å². The standard InChI is InChI=1S/C14H13N3O/c18-14-10-4-1-2-5-11(10)17-9-15-8-13(17)12-6-3-7-16(12)14/h1-2,4-5,8-9,12H,3,6-7H2. The van der Waals surface area contributed by atoms with Gasteiger partial charge in [-0.25, -0.2) is 4.98 Å². The van der Waals surface area contributed by atoms with Crippen molar-refractivity contribution in [2.24, 2.45) is 0 Å². The highest BCUT2D eigenvalue weighted by Crippen LogP contribution is 2.37. The van der Waals surface area contributed by atoms with Gasteiger partial charge >= 0.3 is 0 Å². The van der Waals surface area contributed by atoms with Crippen LogP contribution < -0.4 is 0 Å². The molecule has 18 heavy (non-hydrogen) atoms. The third-order valence-electron chi connectivity index (χ3n) is 3.92. The largest absolute Gasteiger partial charge is 0.330 e. The van der Waals surface area contributed by atoms with Crippen LogP contribution in [0.25, 0.3) is 5.69 Å². The maximum Gasteiger partial charge on any atom is 0.256 e. The molecule has 1 atom stereocenters. The van der Waals surface area contributed by atoms with Crippen LogP contribution in [0.15, 0.2) is 36.8 Å². The van der Waals surface area contributed by atoms with E-state index in [9.17, 15) is 4.79 Å². The lowest BCUT2D eigenvalue weighted by Crippen LogP contribution is -2.29. The van der Waals surface area contributed by atoms with Crippen molar-refractivity contribution in [3.8, 4) is 5.69 Å². The summed E-state index contributed by atoms with van der Waals surface area (Å²) in [6.07, 6.45) is 5.80. The van der Waals surface area contributed by atoms with Crippen molar-refractivity contribution in [1.29, 1.82) is 0 Å². The number of benzene rings is 1. The number of carbonyl (C=O) groups excluding carboxylic acids is 1. The fourth-order valence-electron chi connectivity index (χ4n) is 3.09. The molecular weight excluding hydrogens is 226 g/mol. The Balaban J connectivity index is 2.04. The summed E-state index contributed by atoms with van der Waals surface area (Å²) in [7, 11) is 0. The highest BCUT2D eigenvalue weighted by Gasteiger charge is 2.36. The van der Waals surface area contributed by atoms with E-state index in [4.69, 9.17) is 0 Å². The summed E-state index contributed by atoms with van der Waals surface area (Å²) in [5.74, 6) is 0.150. The molecule has 1 aromatic heterocycles. The zero-order valence-electron chi connectivity index (χ0n) is 9.91. The van der Waals surface area contributed by atoms with Gasteiger partial charge in [0.1, 0.15) is 0 Å². The van der Waals surface area contributed by atoms with Crippen LogP contribution in [-0.4, -0.2) is 26.9 Å². The lowest BCUT2D eigenvalue weighted by molar-refractivity contribution is 0.0738. The Labute approximate surface area is 105 Å². The van der Waals surface area contributed by atoms with Gasteiger partial charge in [0.05, 0.1) is 35.5 Å². The molecule has 0 bridgehead atoms. The van der Waals surface area contributed by atoms with E-state index in [-0.39, 0.29) is 11.9 Å². The zero-order chi connectivity index (χ0) is 12.1. The van der Waals surface area contributed by atoms with Gasteiger partial charge in [0.25, 0.3) is 5.91 Å². The van der Waals surface area contributed by atoms with E-state index in [0.29, 0.717) is 0 Å². The molecular formula is C14H13N3O. The second-order valence-corrected chi connectivity index (χ2v) is 4.86. The van der Waals surface area contributed by atoms with E-state index in [0.717, 1.165) is 36.3 Å². The molecule has 1 fully saturated rings. The van der Waals surface area contributed by atoms with E-state index in [1.165, 1.54) is 0 Å². The molecule has 4 rings (SSSR count). The second kappa shape index (κ2) is 3.45. The smallest absolute Gasteiger partial charge is 0.256 e. The number of fused-ring (bicyclic) bond motifs is 5. The maximum absolute atomic E-state index is 12.6. The van der Waals surface area contributed by atoms with Crippen LogP contribution >= 0.6 is 0 Å². The molecule has 3 heterocycles. The van der Waals surface area contributed by atoms with Crippen LogP contribution in [0.1, 0.15) is 34.9 Å². The molecule has 4 heteroatoms. The van der Waals surface area contributed by atoms with Crippen LogP contribution in [0.2, 0.25) is 0 Å². The summed E-state index contributed by atoms with van der Waals surface area (Å²) >= 11 is 0. The van der Waals surface area contributed by atoms with Crippen molar-refractivity contribution in [3.63, 3.8) is 0 Å². The third-order valence-corrected chi connectivity index (χ3v) is 3.92. The van der Waals surface area contributed by atoms with E-state index in [1.54, 1.807) is 0 Å². The SMILES string of the molecule is O=C1c2ccccc2-n2cncc2C2CCCN12. The lowest BCUT2D eigenvalue weighted by Gasteiger charge is -2.21. The van der Waals surface area contributed by atoms with Crippen molar-refractivity contribution in [2.75, 3.05) is 6.54 Å². The van der Waals surface area contributed by atoms with Gasteiger partial charge in [-0.2, -0.15) is 0 Å². The van der Waals surface area contributed by atoms with Crippen LogP contribution in [-0.2, 0) is 0 Å². The van der Waals surface area contributed by atoms with Crippen LogP contribution in [0, 0.1) is 0 Å². The van der Waals surface area contributed by atoms with Crippen LogP contribution in [0.4, 0.5) is 0 Å². The van der Waals surface area contributed by atoms with Gasteiger partial charge in [-0.15, -0.1) is 0 Å². The van der Waals surface area contributed by atoms with Gasteiger partial charge in [-0.1, -0.05) is 12.1 Å². The normalized spacial score (nSPS) is 21.2. The second-order valence-electron chi connectivity index (χ2n) is 4.86. The predicted molar refractivity (Wildman–Crippen MR) is 66.6 cm³/mol. The van der Waals surface area contributed by atoms with E-state index >= 15 is 0 Å². The minimum absolute atomic E-state index is 0.150. The first-order valence-corrected chi connectivity index (χ1v) is 6.29. The van der Waals surface area contributed by atoms with Crippen molar-refractivity contribution >= 4 is 5.91 Å². The first-order valence-electron chi connectivity index (χ1n) is 6.29. The number of amides is 1.